The van der Waals surface area contributed by atoms with E-state index in [0.29, 0.717) is 64.5 Å². The van der Waals surface area contributed by atoms with Gasteiger partial charge in [0.05, 0.1) is 18.1 Å². The Balaban J connectivity index is 1.34. The smallest absolute Gasteiger partial charge is 0.245 e. The van der Waals surface area contributed by atoms with Gasteiger partial charge in [-0.2, -0.15) is 0 Å². The molecule has 5 amide bonds. The van der Waals surface area contributed by atoms with E-state index in [2.05, 4.69) is 21.3 Å². The second kappa shape index (κ2) is 22.4. The topological polar surface area (TPSA) is 157 Å². The molecule has 4 rings (SSSR count). The number of amides is 5. The molecule has 2 heterocycles. The Morgan fingerprint density at radius 3 is 1.65 bits per heavy atom. The molecule has 0 bridgehead atoms. The van der Waals surface area contributed by atoms with Crippen molar-refractivity contribution in [2.45, 2.75) is 147 Å². The van der Waals surface area contributed by atoms with Crippen LogP contribution in [0.15, 0.2) is 60.7 Å². The minimum atomic E-state index is -0.768. The molecule has 2 aromatic carbocycles. The van der Waals surface area contributed by atoms with Crippen LogP contribution in [0.5, 0.6) is 0 Å². The first kappa shape index (κ1) is 45.1. The summed E-state index contributed by atoms with van der Waals surface area (Å²) in [6, 6.07) is 16.3. The van der Waals surface area contributed by atoms with Crippen molar-refractivity contribution in [2.24, 2.45) is 5.92 Å². The third-order valence-electron chi connectivity index (χ3n) is 11.6. The Kier molecular flexibility index (Phi) is 17.7. The Hall–Kier alpha value is -4.58. The van der Waals surface area contributed by atoms with E-state index in [0.717, 1.165) is 30.4 Å². The lowest BCUT2D eigenvalue weighted by Gasteiger charge is -2.30. The summed E-state index contributed by atoms with van der Waals surface area (Å²) < 4.78 is 0. The fraction of sp³-hybridized carbons (Fsp3) is 0.600. The highest BCUT2D eigenvalue weighted by atomic mass is 16.2. The van der Waals surface area contributed by atoms with Gasteiger partial charge >= 0.3 is 0 Å². The van der Waals surface area contributed by atoms with Crippen LogP contribution in [0.3, 0.4) is 0 Å². The minimum Gasteiger partial charge on any atom is -0.348 e. The van der Waals surface area contributed by atoms with Gasteiger partial charge in [-0.3, -0.25) is 28.8 Å². The second-order valence-corrected chi connectivity index (χ2v) is 16.3. The van der Waals surface area contributed by atoms with Gasteiger partial charge < -0.3 is 31.1 Å². The molecule has 12 heteroatoms. The monoisotopic (exact) mass is 787 g/mol. The minimum absolute atomic E-state index is 0.0295. The highest BCUT2D eigenvalue weighted by Crippen LogP contribution is 2.27. The van der Waals surface area contributed by atoms with Gasteiger partial charge in [0.1, 0.15) is 18.1 Å². The maximum absolute atomic E-state index is 14.1. The van der Waals surface area contributed by atoms with Gasteiger partial charge in [-0.15, -0.1) is 0 Å². The number of nitrogens with zero attached hydrogens (tertiary/aromatic N) is 2. The number of likely N-dealkylation sites (tertiary alicyclic amines) is 2. The van der Waals surface area contributed by atoms with Gasteiger partial charge in [-0.25, -0.2) is 0 Å². The lowest BCUT2D eigenvalue weighted by atomic mass is 9.92. The predicted molar refractivity (Wildman–Crippen MR) is 222 cm³/mol. The molecule has 0 radical (unpaired) electrons. The normalized spacial score (nSPS) is 19.4. The Morgan fingerprint density at radius 2 is 1.12 bits per heavy atom. The molecule has 2 aromatic rings. The second-order valence-electron chi connectivity index (χ2n) is 16.3. The van der Waals surface area contributed by atoms with E-state index < -0.39 is 30.2 Å². The highest BCUT2D eigenvalue weighted by Gasteiger charge is 2.39. The molecule has 2 fully saturated rings. The first-order valence-electron chi connectivity index (χ1n) is 21.1. The molecular formula is C45H66N6O6. The Morgan fingerprint density at radius 1 is 0.632 bits per heavy atom. The summed E-state index contributed by atoms with van der Waals surface area (Å²) in [5.74, 6) is -1.39. The molecule has 0 saturated carbocycles. The van der Waals surface area contributed by atoms with Crippen LogP contribution in [0.1, 0.15) is 128 Å². The summed E-state index contributed by atoms with van der Waals surface area (Å²) in [6.45, 7) is 10.2. The number of benzene rings is 2. The van der Waals surface area contributed by atoms with E-state index in [9.17, 15) is 28.8 Å². The molecule has 2 aliphatic heterocycles. The molecule has 0 aromatic heterocycles. The highest BCUT2D eigenvalue weighted by molar-refractivity contribution is 5.95. The van der Waals surface area contributed by atoms with Crippen LogP contribution in [0.25, 0.3) is 0 Å². The van der Waals surface area contributed by atoms with E-state index in [4.69, 9.17) is 0 Å². The number of hydrogen-bond donors (Lipinski definition) is 4. The molecule has 7 atom stereocenters. The van der Waals surface area contributed by atoms with Gasteiger partial charge in [0.15, 0.2) is 5.78 Å². The quantitative estimate of drug-likeness (QED) is 0.127. The van der Waals surface area contributed by atoms with Gasteiger partial charge in [0, 0.05) is 25.4 Å². The molecule has 2 unspecified atom stereocenters. The molecule has 12 nitrogen and oxygen atoms in total. The number of unbranched alkanes of at least 4 members (excludes halogenated alkanes) is 3. The zero-order valence-corrected chi connectivity index (χ0v) is 34.9. The van der Waals surface area contributed by atoms with Gasteiger partial charge in [0.25, 0.3) is 0 Å². The summed E-state index contributed by atoms with van der Waals surface area (Å²) >= 11 is 0. The van der Waals surface area contributed by atoms with Crippen LogP contribution in [0.2, 0.25) is 0 Å². The number of rotatable bonds is 21. The van der Waals surface area contributed by atoms with Crippen molar-refractivity contribution in [1.29, 1.82) is 0 Å². The molecule has 2 aliphatic rings. The number of hydrogen-bond acceptors (Lipinski definition) is 7. The lowest BCUT2D eigenvalue weighted by molar-refractivity contribution is -0.142. The Bertz CT molecular complexity index is 1640. The third kappa shape index (κ3) is 13.0. The number of nitrogens with one attached hydrogen (secondary N) is 4. The van der Waals surface area contributed by atoms with Crippen molar-refractivity contribution in [3.8, 4) is 0 Å². The van der Waals surface area contributed by atoms with E-state index in [1.807, 2.05) is 74.5 Å². The molecule has 0 spiro atoms. The molecule has 4 N–H and O–H groups in total. The van der Waals surface area contributed by atoms with E-state index in [1.54, 1.807) is 37.6 Å². The van der Waals surface area contributed by atoms with Crippen molar-refractivity contribution < 1.29 is 28.8 Å². The zero-order valence-electron chi connectivity index (χ0n) is 34.9. The standard InChI is InChI=1S/C45H66N6O6/c1-30(2)41(53)48-36(45(57)51-28-18-26-39(51)43(55)47-32(4)35-21-13-10-14-22-35)23-15-7-8-16-24-37(49-42(54)33(5)46-6)44(56)50-27-17-25-38(50)40(52)29-31(3)34-19-11-9-12-20-34/h9-14,19-22,30-33,36-39,46H,7-8,15-18,23-29H2,1-6H3,(H,47,55)(H,48,53)(H,49,54)/t31?,32?,33-,36-,37-,38-,39-/m0/s1. The van der Waals surface area contributed by atoms with Gasteiger partial charge in [0.2, 0.25) is 29.5 Å². The SMILES string of the molecule is CN[C@@H](C)C(=O)N[C@@H](CCCCCC[C@H](NC(=O)C(C)C)C(=O)N1CCC[C@H]1C(=O)NC(C)c1ccccc1)C(=O)N1CCC[C@H]1C(=O)CC(C)c1ccccc1. The van der Waals surface area contributed by atoms with E-state index >= 15 is 0 Å². The first-order chi connectivity index (χ1) is 27.3. The summed E-state index contributed by atoms with van der Waals surface area (Å²) in [4.78, 5) is 84.2. The van der Waals surface area contributed by atoms with Crippen LogP contribution in [-0.2, 0) is 28.8 Å². The average Bonchev–Trinajstić information content (AvgIpc) is 3.92. The molecule has 0 aliphatic carbocycles. The molecule has 57 heavy (non-hydrogen) atoms. The fourth-order valence-electron chi connectivity index (χ4n) is 7.87. The molecular weight excluding hydrogens is 721 g/mol. The van der Waals surface area contributed by atoms with Crippen molar-refractivity contribution >= 4 is 35.3 Å². The van der Waals surface area contributed by atoms with Crippen LogP contribution in [-0.4, -0.2) is 95.5 Å². The van der Waals surface area contributed by atoms with Crippen molar-refractivity contribution in [2.75, 3.05) is 20.1 Å². The van der Waals surface area contributed by atoms with Crippen LogP contribution < -0.4 is 21.3 Å². The summed E-state index contributed by atoms with van der Waals surface area (Å²) in [5, 5.41) is 11.9. The largest absolute Gasteiger partial charge is 0.348 e. The van der Waals surface area contributed by atoms with Crippen LogP contribution in [0.4, 0.5) is 0 Å². The van der Waals surface area contributed by atoms with Crippen LogP contribution in [0, 0.1) is 5.92 Å². The van der Waals surface area contributed by atoms with Gasteiger partial charge in [-0.05, 0) is 76.5 Å². The fourth-order valence-corrected chi connectivity index (χ4v) is 7.87. The zero-order chi connectivity index (χ0) is 41.5. The summed E-state index contributed by atoms with van der Waals surface area (Å²) in [6.07, 6.45) is 6.56. The van der Waals surface area contributed by atoms with E-state index in [1.165, 1.54) is 0 Å². The van der Waals surface area contributed by atoms with Crippen molar-refractivity contribution in [1.82, 2.24) is 31.1 Å². The van der Waals surface area contributed by atoms with Crippen molar-refractivity contribution in [3.63, 3.8) is 0 Å². The summed E-state index contributed by atoms with van der Waals surface area (Å²) in [7, 11) is 1.69. The number of ketones is 1. The maximum atomic E-state index is 14.1. The third-order valence-corrected chi connectivity index (χ3v) is 11.6. The Labute approximate surface area is 339 Å². The summed E-state index contributed by atoms with van der Waals surface area (Å²) in [5.41, 5.74) is 2.07. The van der Waals surface area contributed by atoms with Gasteiger partial charge in [-0.1, -0.05) is 107 Å². The average molecular weight is 787 g/mol. The van der Waals surface area contributed by atoms with E-state index in [-0.39, 0.29) is 53.2 Å². The van der Waals surface area contributed by atoms with Crippen LogP contribution >= 0.6 is 0 Å². The maximum Gasteiger partial charge on any atom is 0.245 e. The lowest BCUT2D eigenvalue weighted by Crippen LogP contribution is -2.54. The number of likely N-dealkylation sites (N-methyl/N-ethyl adjacent to an activating group) is 1. The number of Topliss-reactive ketones (excluding diaryl/α,β-unsaturated/α-hetero) is 1. The first-order valence-corrected chi connectivity index (χ1v) is 21.1. The predicted octanol–water partition coefficient (Wildman–Crippen LogP) is 5.18. The number of carbonyl (C=O) groups is 6. The molecule has 2 saturated heterocycles. The number of carbonyl (C=O) groups excluding carboxylic acids is 6. The van der Waals surface area contributed by atoms with Crippen molar-refractivity contribution in [3.05, 3.63) is 71.8 Å². The molecule has 312 valence electrons.